The number of carbonyl (C=O) groups is 1. The zero-order valence-electron chi connectivity index (χ0n) is 9.25. The van der Waals surface area contributed by atoms with E-state index >= 15 is 0 Å². The Bertz CT molecular complexity index is 516. The average molecular weight is 260 g/mol. The van der Waals surface area contributed by atoms with Crippen LogP contribution in [-0.4, -0.2) is 33.7 Å². The molecular formula is C8H12N4O4S. The predicted molar refractivity (Wildman–Crippen MR) is 61.5 cm³/mol. The molecule has 0 aliphatic rings. The maximum absolute atomic E-state index is 11.7. The van der Waals surface area contributed by atoms with Gasteiger partial charge in [-0.3, -0.25) is 9.29 Å². The maximum atomic E-state index is 11.7. The number of nitrogens with one attached hydrogen (secondary N) is 1. The highest BCUT2D eigenvalue weighted by Crippen LogP contribution is 2.21. The number of nitrogen functional groups attached to an aromatic ring is 1. The fourth-order valence-electron chi connectivity index (χ4n) is 1.03. The minimum absolute atomic E-state index is 0.172. The van der Waals surface area contributed by atoms with Crippen LogP contribution in [0.2, 0.25) is 0 Å². The van der Waals surface area contributed by atoms with Crippen molar-refractivity contribution < 1.29 is 17.9 Å². The third-order valence-corrected chi connectivity index (χ3v) is 3.27. The van der Waals surface area contributed by atoms with Gasteiger partial charge >= 0.3 is 16.3 Å². The first-order valence-corrected chi connectivity index (χ1v) is 5.86. The van der Waals surface area contributed by atoms with Crippen molar-refractivity contribution >= 4 is 27.7 Å². The van der Waals surface area contributed by atoms with E-state index in [9.17, 15) is 13.2 Å². The third-order valence-electron chi connectivity index (χ3n) is 1.93. The molecule has 9 heteroatoms. The van der Waals surface area contributed by atoms with E-state index in [1.807, 2.05) is 0 Å². The van der Waals surface area contributed by atoms with E-state index in [2.05, 4.69) is 9.72 Å². The number of amides is 1. The van der Waals surface area contributed by atoms with Crippen LogP contribution < -0.4 is 14.8 Å². The van der Waals surface area contributed by atoms with Gasteiger partial charge in [-0.1, -0.05) is 0 Å². The van der Waals surface area contributed by atoms with Gasteiger partial charge in [-0.15, -0.1) is 0 Å². The van der Waals surface area contributed by atoms with Gasteiger partial charge in [0, 0.05) is 13.2 Å². The molecule has 0 unspecified atom stereocenters. The number of aromatic nitrogens is 1. The number of rotatable bonds is 3. The number of methoxy groups -OCH3 is 1. The smallest absolute Gasteiger partial charge is 0.422 e. The fourth-order valence-corrected chi connectivity index (χ4v) is 1.89. The molecule has 0 radical (unpaired) electrons. The summed E-state index contributed by atoms with van der Waals surface area (Å²) in [5.41, 5.74) is 5.95. The predicted octanol–water partition coefficient (Wildman–Crippen LogP) is -0.299. The average Bonchev–Trinajstić information content (AvgIpc) is 2.28. The highest BCUT2D eigenvalue weighted by atomic mass is 32.2. The minimum atomic E-state index is -4.05. The zero-order chi connectivity index (χ0) is 13.1. The third kappa shape index (κ3) is 2.97. The Morgan fingerprint density at radius 2 is 2.24 bits per heavy atom. The molecule has 0 fully saturated rings. The summed E-state index contributed by atoms with van der Waals surface area (Å²) in [6.07, 6.45) is 1.61. The lowest BCUT2D eigenvalue weighted by molar-refractivity contribution is 0.177. The summed E-state index contributed by atoms with van der Waals surface area (Å²) in [4.78, 5) is 14.6. The maximum Gasteiger partial charge on any atom is 0.422 e. The van der Waals surface area contributed by atoms with Crippen LogP contribution in [0.4, 0.5) is 16.2 Å². The summed E-state index contributed by atoms with van der Waals surface area (Å²) in [5, 5.41) is 0. The van der Waals surface area contributed by atoms with Gasteiger partial charge in [-0.05, 0) is 6.07 Å². The Labute approximate surface area is 98.6 Å². The zero-order valence-corrected chi connectivity index (χ0v) is 10.1. The number of nitrogens with two attached hydrogens (primary N) is 1. The molecule has 0 spiro atoms. The van der Waals surface area contributed by atoms with Crippen molar-refractivity contribution in [1.82, 2.24) is 9.71 Å². The lowest BCUT2D eigenvalue weighted by Crippen LogP contribution is -2.41. The molecule has 0 saturated heterocycles. The second kappa shape index (κ2) is 4.87. The number of ether oxygens (including phenoxy) is 1. The SMILES string of the molecule is COC(=O)NS(=O)(=O)N(C)c1ccncc1N. The topological polar surface area (TPSA) is 115 Å². The molecular weight excluding hydrogens is 248 g/mol. The molecule has 8 nitrogen and oxygen atoms in total. The summed E-state index contributed by atoms with van der Waals surface area (Å²) in [6, 6.07) is 1.41. The lowest BCUT2D eigenvalue weighted by Gasteiger charge is -2.20. The number of anilines is 2. The van der Waals surface area contributed by atoms with Crippen molar-refractivity contribution in [2.75, 3.05) is 24.2 Å². The van der Waals surface area contributed by atoms with Crippen molar-refractivity contribution in [3.8, 4) is 0 Å². The summed E-state index contributed by atoms with van der Waals surface area (Å²) in [5.74, 6) is 0. The Morgan fingerprint density at radius 1 is 1.59 bits per heavy atom. The first-order chi connectivity index (χ1) is 7.88. The largest absolute Gasteiger partial charge is 0.452 e. The Hall–Kier alpha value is -2.03. The van der Waals surface area contributed by atoms with Crippen LogP contribution in [0.1, 0.15) is 0 Å². The highest BCUT2D eigenvalue weighted by molar-refractivity contribution is 7.91. The second-order valence-corrected chi connectivity index (χ2v) is 4.70. The van der Waals surface area contributed by atoms with Crippen molar-refractivity contribution in [2.24, 2.45) is 0 Å². The molecule has 1 aromatic heterocycles. The summed E-state index contributed by atoms with van der Waals surface area (Å²) >= 11 is 0. The molecule has 1 amide bonds. The quantitative estimate of drug-likeness (QED) is 0.771. The number of pyridine rings is 1. The van der Waals surface area contributed by atoms with E-state index in [0.29, 0.717) is 0 Å². The van der Waals surface area contributed by atoms with Crippen LogP contribution >= 0.6 is 0 Å². The van der Waals surface area contributed by atoms with E-state index < -0.39 is 16.3 Å². The summed E-state index contributed by atoms with van der Waals surface area (Å²) < 4.78 is 30.1. The van der Waals surface area contributed by atoms with Gasteiger partial charge in [0.25, 0.3) is 0 Å². The normalized spacial score (nSPS) is 10.7. The molecule has 0 atom stereocenters. The molecule has 0 bridgehead atoms. The molecule has 0 saturated carbocycles. The van der Waals surface area contributed by atoms with Gasteiger partial charge in [-0.25, -0.2) is 9.52 Å². The van der Waals surface area contributed by atoms with E-state index in [-0.39, 0.29) is 11.4 Å². The molecule has 17 heavy (non-hydrogen) atoms. The van der Waals surface area contributed by atoms with Crippen molar-refractivity contribution in [2.45, 2.75) is 0 Å². The number of carbonyl (C=O) groups excluding carboxylic acids is 1. The summed E-state index contributed by atoms with van der Waals surface area (Å²) in [6.45, 7) is 0. The van der Waals surface area contributed by atoms with Gasteiger partial charge in [-0.2, -0.15) is 8.42 Å². The number of hydrogen-bond donors (Lipinski definition) is 2. The van der Waals surface area contributed by atoms with Crippen LogP contribution in [-0.2, 0) is 14.9 Å². The van der Waals surface area contributed by atoms with Crippen molar-refractivity contribution in [1.29, 1.82) is 0 Å². The van der Waals surface area contributed by atoms with Gasteiger partial charge in [0.1, 0.15) is 0 Å². The monoisotopic (exact) mass is 260 g/mol. The molecule has 0 aliphatic heterocycles. The Kier molecular flexibility index (Phi) is 3.73. The van der Waals surface area contributed by atoms with E-state index in [4.69, 9.17) is 5.73 Å². The first-order valence-electron chi connectivity index (χ1n) is 4.42. The molecule has 1 heterocycles. The van der Waals surface area contributed by atoms with Crippen molar-refractivity contribution in [3.05, 3.63) is 18.5 Å². The molecule has 94 valence electrons. The second-order valence-electron chi connectivity index (χ2n) is 3.00. The first kappa shape index (κ1) is 13.0. The highest BCUT2D eigenvalue weighted by Gasteiger charge is 2.22. The van der Waals surface area contributed by atoms with Crippen LogP contribution in [0.15, 0.2) is 18.5 Å². The molecule has 1 aromatic rings. The van der Waals surface area contributed by atoms with Crippen LogP contribution in [0, 0.1) is 0 Å². The fraction of sp³-hybridized carbons (Fsp3) is 0.250. The van der Waals surface area contributed by atoms with Crippen molar-refractivity contribution in [3.63, 3.8) is 0 Å². The van der Waals surface area contributed by atoms with E-state index in [1.54, 1.807) is 4.72 Å². The summed E-state index contributed by atoms with van der Waals surface area (Å²) in [7, 11) is -1.74. The van der Waals surface area contributed by atoms with E-state index in [0.717, 1.165) is 11.4 Å². The minimum Gasteiger partial charge on any atom is -0.452 e. The van der Waals surface area contributed by atoms with Gasteiger partial charge in [0.15, 0.2) is 0 Å². The van der Waals surface area contributed by atoms with Gasteiger partial charge in [0.2, 0.25) is 0 Å². The number of hydrogen-bond acceptors (Lipinski definition) is 6. The van der Waals surface area contributed by atoms with Gasteiger partial charge < -0.3 is 10.5 Å². The molecule has 0 aliphatic carbocycles. The van der Waals surface area contributed by atoms with Gasteiger partial charge in [0.05, 0.1) is 24.7 Å². The molecule has 3 N–H and O–H groups in total. The molecule has 0 aromatic carbocycles. The van der Waals surface area contributed by atoms with Crippen LogP contribution in [0.25, 0.3) is 0 Å². The Balaban J connectivity index is 3.01. The molecule has 1 rings (SSSR count). The Morgan fingerprint density at radius 3 is 2.76 bits per heavy atom. The van der Waals surface area contributed by atoms with Crippen LogP contribution in [0.5, 0.6) is 0 Å². The van der Waals surface area contributed by atoms with Crippen LogP contribution in [0.3, 0.4) is 0 Å². The lowest BCUT2D eigenvalue weighted by atomic mass is 10.3. The number of nitrogens with zero attached hydrogens (tertiary/aromatic N) is 2. The van der Waals surface area contributed by atoms with E-state index in [1.165, 1.54) is 25.5 Å². The standard InChI is InChI=1S/C8H12N4O4S/c1-12(7-3-4-10-5-6(7)9)17(14,15)11-8(13)16-2/h3-5H,9H2,1-2H3,(H,11,13).